The van der Waals surface area contributed by atoms with Crippen LogP contribution >= 0.6 is 0 Å². The van der Waals surface area contributed by atoms with E-state index in [1.807, 2.05) is 0 Å². The molecule has 0 spiro atoms. The lowest BCUT2D eigenvalue weighted by atomic mass is 10.1. The zero-order valence-corrected chi connectivity index (χ0v) is 8.42. The van der Waals surface area contributed by atoms with Gasteiger partial charge in [-0.2, -0.15) is 0 Å². The Morgan fingerprint density at radius 3 is 2.67 bits per heavy atom. The van der Waals surface area contributed by atoms with Crippen LogP contribution in [0.3, 0.4) is 0 Å². The molecule has 2 atom stereocenters. The van der Waals surface area contributed by atoms with E-state index in [-0.39, 0.29) is 0 Å². The number of nitrogens with zero attached hydrogens (tertiary/aromatic N) is 1. The van der Waals surface area contributed by atoms with Crippen molar-refractivity contribution in [3.63, 3.8) is 0 Å². The van der Waals surface area contributed by atoms with Gasteiger partial charge in [0, 0.05) is 12.1 Å². The fourth-order valence-electron chi connectivity index (χ4n) is 2.68. The van der Waals surface area contributed by atoms with E-state index in [9.17, 15) is 0 Å². The highest BCUT2D eigenvalue weighted by molar-refractivity contribution is 4.90. The first-order valence-corrected chi connectivity index (χ1v) is 5.58. The largest absolute Gasteiger partial charge is 0.297 e. The summed E-state index contributed by atoms with van der Waals surface area (Å²) < 4.78 is 0. The van der Waals surface area contributed by atoms with Crippen LogP contribution < -0.4 is 0 Å². The molecule has 1 aliphatic heterocycles. The predicted molar refractivity (Wildman–Crippen MR) is 52.2 cm³/mol. The molecule has 1 aliphatic carbocycles. The second-order valence-corrected chi connectivity index (χ2v) is 4.52. The van der Waals surface area contributed by atoms with E-state index < -0.39 is 0 Å². The lowest BCUT2D eigenvalue weighted by molar-refractivity contribution is 0.170. The Labute approximate surface area is 76.1 Å². The Kier molecular flexibility index (Phi) is 2.40. The molecule has 12 heavy (non-hydrogen) atoms. The van der Waals surface area contributed by atoms with Crippen molar-refractivity contribution in [2.45, 2.75) is 58.0 Å². The molecule has 0 N–H and O–H groups in total. The van der Waals surface area contributed by atoms with E-state index >= 15 is 0 Å². The second-order valence-electron chi connectivity index (χ2n) is 4.52. The molecule has 1 nitrogen and oxygen atoms in total. The van der Waals surface area contributed by atoms with Gasteiger partial charge in [-0.15, -0.1) is 0 Å². The lowest BCUT2D eigenvalue weighted by Crippen LogP contribution is -2.38. The van der Waals surface area contributed by atoms with Crippen LogP contribution in [0.25, 0.3) is 0 Å². The van der Waals surface area contributed by atoms with E-state index in [1.165, 1.54) is 38.6 Å². The summed E-state index contributed by atoms with van der Waals surface area (Å²) in [6.45, 7) is 6.14. The fourth-order valence-corrected chi connectivity index (χ4v) is 2.68. The van der Waals surface area contributed by atoms with Crippen LogP contribution in [0.2, 0.25) is 0 Å². The van der Waals surface area contributed by atoms with E-state index in [0.717, 1.165) is 18.0 Å². The second kappa shape index (κ2) is 3.37. The van der Waals surface area contributed by atoms with Crippen LogP contribution in [0.1, 0.15) is 46.0 Å². The molecule has 0 aromatic heterocycles. The van der Waals surface area contributed by atoms with Crippen molar-refractivity contribution in [1.82, 2.24) is 4.90 Å². The van der Waals surface area contributed by atoms with E-state index in [1.54, 1.807) is 0 Å². The van der Waals surface area contributed by atoms with Crippen molar-refractivity contribution in [2.75, 3.05) is 6.54 Å². The van der Waals surface area contributed by atoms with Crippen LogP contribution in [0.4, 0.5) is 0 Å². The van der Waals surface area contributed by atoms with Crippen molar-refractivity contribution in [1.29, 1.82) is 0 Å². The summed E-state index contributed by atoms with van der Waals surface area (Å²) in [7, 11) is 0. The van der Waals surface area contributed by atoms with E-state index in [4.69, 9.17) is 0 Å². The van der Waals surface area contributed by atoms with Gasteiger partial charge in [-0.3, -0.25) is 4.90 Å². The smallest absolute Gasteiger partial charge is 0.00981 e. The first-order chi connectivity index (χ1) is 5.83. The van der Waals surface area contributed by atoms with Crippen molar-refractivity contribution >= 4 is 0 Å². The van der Waals surface area contributed by atoms with E-state index in [2.05, 4.69) is 18.7 Å². The molecule has 0 aromatic rings. The number of hydrogen-bond donors (Lipinski definition) is 0. The molecule has 2 aliphatic rings. The van der Waals surface area contributed by atoms with Crippen LogP contribution in [0.5, 0.6) is 0 Å². The summed E-state index contributed by atoms with van der Waals surface area (Å²) in [5, 5.41) is 0. The lowest BCUT2D eigenvalue weighted by Gasteiger charge is -2.30. The summed E-state index contributed by atoms with van der Waals surface area (Å²) in [4.78, 5) is 2.76. The minimum atomic E-state index is 0.887. The quantitative estimate of drug-likeness (QED) is 0.624. The van der Waals surface area contributed by atoms with Crippen molar-refractivity contribution in [3.8, 4) is 0 Å². The zero-order chi connectivity index (χ0) is 8.55. The number of likely N-dealkylation sites (tertiary alicyclic amines) is 1. The molecule has 1 heterocycles. The Balaban J connectivity index is 1.91. The third-order valence-electron chi connectivity index (χ3n) is 3.72. The SMILES string of the molecule is CCC1CCCN1C(C)C1CC1. The van der Waals surface area contributed by atoms with E-state index in [0.29, 0.717) is 0 Å². The van der Waals surface area contributed by atoms with Crippen molar-refractivity contribution < 1.29 is 0 Å². The molecular formula is C11H21N. The normalized spacial score (nSPS) is 34.0. The highest BCUT2D eigenvalue weighted by atomic mass is 15.2. The van der Waals surface area contributed by atoms with Crippen molar-refractivity contribution in [3.05, 3.63) is 0 Å². The fraction of sp³-hybridized carbons (Fsp3) is 1.00. The molecule has 0 radical (unpaired) electrons. The van der Waals surface area contributed by atoms with Gasteiger partial charge < -0.3 is 0 Å². The van der Waals surface area contributed by atoms with Gasteiger partial charge in [0.2, 0.25) is 0 Å². The molecule has 0 amide bonds. The third kappa shape index (κ3) is 1.52. The van der Waals surface area contributed by atoms with Gasteiger partial charge in [-0.25, -0.2) is 0 Å². The maximum absolute atomic E-state index is 2.76. The zero-order valence-electron chi connectivity index (χ0n) is 8.42. The van der Waals surface area contributed by atoms with Crippen molar-refractivity contribution in [2.24, 2.45) is 5.92 Å². The standard InChI is InChI=1S/C11H21N/c1-3-11-5-4-8-12(11)9(2)10-6-7-10/h9-11H,3-8H2,1-2H3. The molecule has 1 saturated heterocycles. The summed E-state index contributed by atoms with van der Waals surface area (Å²) in [6, 6.07) is 1.80. The maximum atomic E-state index is 2.76. The van der Waals surface area contributed by atoms with Gasteiger partial charge in [-0.1, -0.05) is 6.92 Å². The van der Waals surface area contributed by atoms with Gasteiger partial charge in [0.25, 0.3) is 0 Å². The molecule has 0 aromatic carbocycles. The molecule has 2 rings (SSSR count). The van der Waals surface area contributed by atoms with Crippen LogP contribution in [-0.2, 0) is 0 Å². The molecule has 70 valence electrons. The van der Waals surface area contributed by atoms with Gasteiger partial charge in [-0.05, 0) is 51.5 Å². The highest BCUT2D eigenvalue weighted by Crippen LogP contribution is 2.38. The number of rotatable bonds is 3. The average Bonchev–Trinajstić information content (AvgIpc) is 2.82. The van der Waals surface area contributed by atoms with Gasteiger partial charge in [0.05, 0.1) is 0 Å². The summed E-state index contributed by atoms with van der Waals surface area (Å²) in [5.41, 5.74) is 0. The van der Waals surface area contributed by atoms with Crippen LogP contribution in [0, 0.1) is 5.92 Å². The third-order valence-corrected chi connectivity index (χ3v) is 3.72. The van der Waals surface area contributed by atoms with Gasteiger partial charge in [0.15, 0.2) is 0 Å². The molecule has 2 unspecified atom stereocenters. The Bertz CT molecular complexity index is 151. The topological polar surface area (TPSA) is 3.24 Å². The summed E-state index contributed by atoms with van der Waals surface area (Å²) >= 11 is 0. The van der Waals surface area contributed by atoms with Gasteiger partial charge in [0.1, 0.15) is 0 Å². The van der Waals surface area contributed by atoms with Gasteiger partial charge >= 0.3 is 0 Å². The van der Waals surface area contributed by atoms with Crippen LogP contribution in [-0.4, -0.2) is 23.5 Å². The predicted octanol–water partition coefficient (Wildman–Crippen LogP) is 2.66. The summed E-state index contributed by atoms with van der Waals surface area (Å²) in [5.74, 6) is 1.05. The molecule has 1 heteroatoms. The molecule has 0 bridgehead atoms. The minimum Gasteiger partial charge on any atom is -0.297 e. The number of hydrogen-bond acceptors (Lipinski definition) is 1. The maximum Gasteiger partial charge on any atom is 0.00981 e. The molecule has 2 fully saturated rings. The molecular weight excluding hydrogens is 146 g/mol. The monoisotopic (exact) mass is 167 g/mol. The highest BCUT2D eigenvalue weighted by Gasteiger charge is 2.36. The Morgan fingerprint density at radius 2 is 2.08 bits per heavy atom. The first-order valence-electron chi connectivity index (χ1n) is 5.58. The Hall–Kier alpha value is -0.0400. The molecule has 1 saturated carbocycles. The van der Waals surface area contributed by atoms with Crippen LogP contribution in [0.15, 0.2) is 0 Å². The minimum absolute atomic E-state index is 0.887. The average molecular weight is 167 g/mol. The first kappa shape index (κ1) is 8.55. The summed E-state index contributed by atoms with van der Waals surface area (Å²) in [6.07, 6.45) is 7.24. The Morgan fingerprint density at radius 1 is 1.33 bits per heavy atom.